The van der Waals surface area contributed by atoms with Gasteiger partial charge in [-0.25, -0.2) is 0 Å². The Labute approximate surface area is 231 Å². The number of fused-ring (bicyclic) bond motifs is 3. The fourth-order valence-corrected chi connectivity index (χ4v) is 6.52. The molecule has 2 aromatic rings. The number of likely N-dealkylation sites (N-methyl/N-ethyl adjacent to an activating group) is 1. The van der Waals surface area contributed by atoms with E-state index in [1.165, 1.54) is 11.0 Å². The topological polar surface area (TPSA) is 173 Å². The zero-order chi connectivity index (χ0) is 29.1. The second kappa shape index (κ2) is 9.88. The summed E-state index contributed by atoms with van der Waals surface area (Å²) in [4.78, 5) is 40.7. The van der Waals surface area contributed by atoms with Crippen molar-refractivity contribution in [1.29, 1.82) is 0 Å². The first kappa shape index (κ1) is 27.6. The van der Waals surface area contributed by atoms with E-state index in [0.29, 0.717) is 18.7 Å². The number of nitrogens with zero attached hydrogens (tertiary/aromatic N) is 1. The first-order valence-electron chi connectivity index (χ1n) is 13.1. The lowest BCUT2D eigenvalue weighted by Gasteiger charge is -2.50. The number of phenols is 1. The number of ketones is 2. The van der Waals surface area contributed by atoms with Crippen molar-refractivity contribution in [2.75, 3.05) is 14.1 Å². The maximum atomic E-state index is 13.9. The minimum atomic E-state index is -2.65. The Hall–Kier alpha value is -3.99. The third kappa shape index (κ3) is 4.11. The number of nitrogens with two attached hydrogens (primary N) is 1. The zero-order valence-electron chi connectivity index (χ0n) is 22.6. The highest BCUT2D eigenvalue weighted by molar-refractivity contribution is 6.24. The molecule has 1 fully saturated rings. The molecule has 1 saturated carbocycles. The van der Waals surface area contributed by atoms with Crippen LogP contribution in [0, 0.1) is 18.8 Å². The van der Waals surface area contributed by atoms with Crippen molar-refractivity contribution in [2.24, 2.45) is 17.6 Å². The second-order valence-electron chi connectivity index (χ2n) is 11.1. The molecule has 1 unspecified atom stereocenters. The molecule has 0 spiro atoms. The van der Waals surface area contributed by atoms with Gasteiger partial charge in [-0.3, -0.25) is 19.3 Å². The molecule has 3 aliphatic rings. The van der Waals surface area contributed by atoms with E-state index in [4.69, 9.17) is 5.73 Å². The smallest absolute Gasteiger partial charge is 0.255 e. The van der Waals surface area contributed by atoms with Crippen molar-refractivity contribution < 1.29 is 34.8 Å². The molecule has 0 aromatic heterocycles. The predicted octanol–water partition coefficient (Wildman–Crippen LogP) is 1.56. The van der Waals surface area contributed by atoms with Crippen molar-refractivity contribution in [3.05, 3.63) is 81.1 Å². The average molecular weight is 548 g/mol. The average Bonchev–Trinajstić information content (AvgIpc) is 2.88. The summed E-state index contributed by atoms with van der Waals surface area (Å²) in [6.45, 7) is 3.04. The van der Waals surface area contributed by atoms with Gasteiger partial charge in [0.2, 0.25) is 5.78 Å². The summed E-state index contributed by atoms with van der Waals surface area (Å²) in [6.07, 6.45) is 0.308. The van der Waals surface area contributed by atoms with Gasteiger partial charge in [-0.05, 0) is 62.5 Å². The van der Waals surface area contributed by atoms with Crippen LogP contribution in [0.25, 0.3) is 5.76 Å². The molecule has 0 bridgehead atoms. The Morgan fingerprint density at radius 3 is 2.38 bits per heavy atom. The van der Waals surface area contributed by atoms with Crippen LogP contribution in [0.2, 0.25) is 0 Å². The van der Waals surface area contributed by atoms with Crippen LogP contribution in [0.1, 0.15) is 34.2 Å². The quantitative estimate of drug-likeness (QED) is 0.293. The number of carbonyl (C=O) groups is 3. The molecule has 3 aliphatic carbocycles. The maximum Gasteiger partial charge on any atom is 0.255 e. The summed E-state index contributed by atoms with van der Waals surface area (Å²) >= 11 is 0. The summed E-state index contributed by atoms with van der Waals surface area (Å²) in [5.74, 6) is -6.59. The van der Waals surface area contributed by atoms with E-state index in [2.05, 4.69) is 5.32 Å². The molecule has 210 valence electrons. The number of nitrogens with one attached hydrogen (secondary N) is 1. The van der Waals surface area contributed by atoms with Crippen LogP contribution in [-0.4, -0.2) is 68.5 Å². The number of Topliss-reactive ketones (excluding diaryl/α,β-unsaturated/α-hetero) is 2. The van der Waals surface area contributed by atoms with Gasteiger partial charge in [0.1, 0.15) is 22.8 Å². The van der Waals surface area contributed by atoms with Crippen LogP contribution in [-0.2, 0) is 33.9 Å². The van der Waals surface area contributed by atoms with Crippen LogP contribution in [0.3, 0.4) is 0 Å². The molecule has 1 amide bonds. The van der Waals surface area contributed by atoms with Gasteiger partial charge in [-0.1, -0.05) is 35.9 Å². The highest BCUT2D eigenvalue weighted by Crippen LogP contribution is 2.52. The van der Waals surface area contributed by atoms with Gasteiger partial charge in [0.25, 0.3) is 5.91 Å². The normalized spacial score (nSPS) is 26.1. The van der Waals surface area contributed by atoms with Crippen molar-refractivity contribution in [3.63, 3.8) is 0 Å². The van der Waals surface area contributed by atoms with E-state index in [1.807, 2.05) is 31.2 Å². The van der Waals surface area contributed by atoms with Crippen LogP contribution in [0.4, 0.5) is 0 Å². The first-order chi connectivity index (χ1) is 18.9. The number of aliphatic hydroxyl groups excluding tert-OH is 2. The summed E-state index contributed by atoms with van der Waals surface area (Å²) in [5, 5.41) is 48.1. The number of aromatic hydroxyl groups is 1. The highest BCUT2D eigenvalue weighted by atomic mass is 16.3. The molecule has 5 rings (SSSR count). The Morgan fingerprint density at radius 1 is 1.07 bits per heavy atom. The lowest BCUT2D eigenvalue weighted by Crippen LogP contribution is -2.65. The fourth-order valence-electron chi connectivity index (χ4n) is 6.52. The van der Waals surface area contributed by atoms with Crippen LogP contribution in [0.5, 0.6) is 5.75 Å². The fraction of sp³-hybridized carbons (Fsp3) is 0.367. The highest BCUT2D eigenvalue weighted by Gasteiger charge is 2.64. The Kier molecular flexibility index (Phi) is 6.81. The Balaban J connectivity index is 1.56. The monoisotopic (exact) mass is 547 g/mol. The first-order valence-corrected chi connectivity index (χ1v) is 13.1. The number of hydrogen-bond acceptors (Lipinski definition) is 9. The predicted molar refractivity (Wildman–Crippen MR) is 146 cm³/mol. The van der Waals surface area contributed by atoms with Crippen LogP contribution >= 0.6 is 0 Å². The number of amides is 1. The number of phenolic OH excluding ortho intramolecular Hbond substituents is 1. The lowest BCUT2D eigenvalue weighted by atomic mass is 9.57. The van der Waals surface area contributed by atoms with E-state index in [1.54, 1.807) is 20.2 Å². The molecule has 0 aliphatic heterocycles. The molecule has 2 aromatic carbocycles. The van der Waals surface area contributed by atoms with Gasteiger partial charge in [-0.15, -0.1) is 0 Å². The third-order valence-electron chi connectivity index (χ3n) is 8.47. The number of hydrogen-bond donors (Lipinski definition) is 6. The van der Waals surface area contributed by atoms with Gasteiger partial charge in [-0.2, -0.15) is 0 Å². The lowest BCUT2D eigenvalue weighted by molar-refractivity contribution is -0.153. The van der Waals surface area contributed by atoms with Crippen molar-refractivity contribution >= 4 is 23.2 Å². The molecular weight excluding hydrogens is 514 g/mol. The van der Waals surface area contributed by atoms with Crippen molar-refractivity contribution in [2.45, 2.75) is 44.5 Å². The Bertz CT molecular complexity index is 1490. The van der Waals surface area contributed by atoms with Gasteiger partial charge < -0.3 is 31.5 Å². The van der Waals surface area contributed by atoms with E-state index in [0.717, 1.165) is 16.7 Å². The van der Waals surface area contributed by atoms with Gasteiger partial charge in [0, 0.05) is 24.6 Å². The molecule has 0 saturated heterocycles. The molecule has 4 atom stereocenters. The summed E-state index contributed by atoms with van der Waals surface area (Å²) < 4.78 is 0. The number of carbonyl (C=O) groups excluding carboxylic acids is 3. The van der Waals surface area contributed by atoms with E-state index in [9.17, 15) is 34.8 Å². The SMILES string of the molecule is Cc1ccc(CNCc2ccc(O)c3c2C[C@@H]2C[C@@H]4C(N(C)C)C(=O)C(C(N)=O)=C(O)[C@]4(O)C(=O)C2=C3O)cc1. The number of primary amides is 1. The largest absolute Gasteiger partial charge is 0.508 e. The summed E-state index contributed by atoms with van der Waals surface area (Å²) in [5.41, 5.74) is 5.55. The summed E-state index contributed by atoms with van der Waals surface area (Å²) in [7, 11) is 3.15. The molecule has 10 nitrogen and oxygen atoms in total. The molecule has 0 radical (unpaired) electrons. The summed E-state index contributed by atoms with van der Waals surface area (Å²) in [6, 6.07) is 10.2. The minimum Gasteiger partial charge on any atom is -0.508 e. The van der Waals surface area contributed by atoms with E-state index >= 15 is 0 Å². The van der Waals surface area contributed by atoms with Crippen molar-refractivity contribution in [1.82, 2.24) is 10.2 Å². The number of aliphatic hydroxyl groups is 3. The van der Waals surface area contributed by atoms with Gasteiger partial charge in [0.05, 0.1) is 11.6 Å². The third-order valence-corrected chi connectivity index (χ3v) is 8.47. The molecule has 40 heavy (non-hydrogen) atoms. The van der Waals surface area contributed by atoms with Crippen LogP contribution in [0.15, 0.2) is 53.3 Å². The standard InChI is InChI=1S/C30H33N3O7/c1-14-4-6-15(7-5-14)12-32-13-16-8-9-20(34)22-18(16)10-17-11-19-24(33(2)3)26(36)23(29(31)39)28(38)30(19,40)27(37)21(17)25(22)35/h4-9,17,19,24,32,34-35,38,40H,10-13H2,1-3H3,(H2,31,39)/t17-,19-,24?,30-/m1/s1. The van der Waals surface area contributed by atoms with E-state index < -0.39 is 58.0 Å². The zero-order valence-corrected chi connectivity index (χ0v) is 22.6. The Morgan fingerprint density at radius 2 is 1.75 bits per heavy atom. The molecule has 7 N–H and O–H groups in total. The number of benzene rings is 2. The van der Waals surface area contributed by atoms with E-state index in [-0.39, 0.29) is 29.7 Å². The van der Waals surface area contributed by atoms with Gasteiger partial charge >= 0.3 is 0 Å². The second-order valence-corrected chi connectivity index (χ2v) is 11.1. The molecule has 10 heteroatoms. The molecule has 0 heterocycles. The van der Waals surface area contributed by atoms with Crippen LogP contribution < -0.4 is 11.1 Å². The number of aryl methyl sites for hydroxylation is 1. The van der Waals surface area contributed by atoms with Crippen molar-refractivity contribution in [3.8, 4) is 5.75 Å². The number of rotatable bonds is 6. The molecular formula is C30H33N3O7. The van der Waals surface area contributed by atoms with Gasteiger partial charge in [0.15, 0.2) is 11.4 Å². The maximum absolute atomic E-state index is 13.9. The minimum absolute atomic E-state index is 0.0532.